The molecule has 0 aliphatic heterocycles. The van der Waals surface area contributed by atoms with E-state index in [1.165, 1.54) is 0 Å². The first-order valence-corrected chi connectivity index (χ1v) is 7.86. The summed E-state index contributed by atoms with van der Waals surface area (Å²) in [7, 11) is 1.69. The van der Waals surface area contributed by atoms with Gasteiger partial charge in [0.15, 0.2) is 5.96 Å². The van der Waals surface area contributed by atoms with Crippen LogP contribution in [0.4, 0.5) is 0 Å². The number of imidazole rings is 1. The Labute approximate surface area is 160 Å². The number of hydrogen-bond acceptors (Lipinski definition) is 3. The van der Waals surface area contributed by atoms with E-state index in [0.29, 0.717) is 13.2 Å². The van der Waals surface area contributed by atoms with Gasteiger partial charge in [-0.3, -0.25) is 0 Å². The molecule has 0 fully saturated rings. The third-order valence-corrected chi connectivity index (χ3v) is 3.24. The summed E-state index contributed by atoms with van der Waals surface area (Å²) in [5.74, 6) is 1.59. The number of guanidine groups is 1. The number of methoxy groups -OCH3 is 1. The molecule has 1 unspecified atom stereocenters. The van der Waals surface area contributed by atoms with Crippen LogP contribution in [0.25, 0.3) is 11.3 Å². The van der Waals surface area contributed by atoms with Gasteiger partial charge in [-0.05, 0) is 19.4 Å². The van der Waals surface area contributed by atoms with Gasteiger partial charge in [0, 0.05) is 19.7 Å². The normalized spacial score (nSPS) is 12.4. The van der Waals surface area contributed by atoms with Crippen LogP contribution < -0.4 is 10.6 Å². The van der Waals surface area contributed by atoms with Gasteiger partial charge in [-0.2, -0.15) is 0 Å². The lowest BCUT2D eigenvalue weighted by Crippen LogP contribution is -2.43. The lowest BCUT2D eigenvalue weighted by molar-refractivity contribution is 0.179. The van der Waals surface area contributed by atoms with E-state index in [1.807, 2.05) is 31.3 Å². The van der Waals surface area contributed by atoms with Crippen LogP contribution in [0, 0.1) is 0 Å². The van der Waals surface area contributed by atoms with Crippen LogP contribution in [-0.2, 0) is 11.3 Å². The predicted molar refractivity (Wildman–Crippen MR) is 109 cm³/mol. The van der Waals surface area contributed by atoms with Crippen molar-refractivity contribution in [3.05, 3.63) is 42.4 Å². The third-order valence-electron chi connectivity index (χ3n) is 3.24. The molecule has 0 aliphatic carbocycles. The first-order chi connectivity index (χ1) is 11.2. The summed E-state index contributed by atoms with van der Waals surface area (Å²) in [6.45, 7) is 6.01. The Kier molecular flexibility index (Phi) is 9.39. The number of aliphatic imine (C=N–C) groups is 1. The standard InChI is InChI=1S/C17H25N5O.HI/c1-4-18-17(21-13(2)12-23-3)20-11-16-19-10-15(22-16)14-8-6-5-7-9-14;/h5-10,13H,4,11-12H2,1-3H3,(H,19,22)(H2,18,20,21);1H. The van der Waals surface area contributed by atoms with Crippen molar-refractivity contribution in [1.29, 1.82) is 0 Å². The smallest absolute Gasteiger partial charge is 0.191 e. The van der Waals surface area contributed by atoms with E-state index in [0.717, 1.165) is 29.6 Å². The fourth-order valence-corrected chi connectivity index (χ4v) is 2.21. The van der Waals surface area contributed by atoms with Crippen molar-refractivity contribution in [3.63, 3.8) is 0 Å². The molecule has 0 aliphatic rings. The Morgan fingerprint density at radius 2 is 2.08 bits per heavy atom. The quantitative estimate of drug-likeness (QED) is 0.350. The van der Waals surface area contributed by atoms with Crippen molar-refractivity contribution in [2.45, 2.75) is 26.4 Å². The van der Waals surface area contributed by atoms with Crippen molar-refractivity contribution < 1.29 is 4.74 Å². The zero-order valence-electron chi connectivity index (χ0n) is 14.4. The number of nitrogens with one attached hydrogen (secondary N) is 3. The van der Waals surface area contributed by atoms with Gasteiger partial charge < -0.3 is 20.4 Å². The Morgan fingerprint density at radius 1 is 1.33 bits per heavy atom. The molecule has 2 rings (SSSR count). The number of aromatic amines is 1. The summed E-state index contributed by atoms with van der Waals surface area (Å²) in [4.78, 5) is 12.3. The number of H-pyrrole nitrogens is 1. The molecule has 0 saturated carbocycles. The first kappa shape index (κ1) is 20.4. The Hall–Kier alpha value is -1.61. The van der Waals surface area contributed by atoms with E-state index in [9.17, 15) is 0 Å². The molecular formula is C17H26IN5O. The van der Waals surface area contributed by atoms with Crippen LogP contribution in [0.1, 0.15) is 19.7 Å². The van der Waals surface area contributed by atoms with E-state index >= 15 is 0 Å². The van der Waals surface area contributed by atoms with Crippen LogP contribution in [0.15, 0.2) is 41.5 Å². The predicted octanol–water partition coefficient (Wildman–Crippen LogP) is 2.78. The molecule has 0 bridgehead atoms. The molecule has 1 atom stereocenters. The Bertz CT molecular complexity index is 614. The van der Waals surface area contributed by atoms with Crippen molar-refractivity contribution in [2.24, 2.45) is 4.99 Å². The molecule has 1 heterocycles. The maximum Gasteiger partial charge on any atom is 0.191 e. The number of halogens is 1. The highest BCUT2D eigenvalue weighted by Crippen LogP contribution is 2.16. The Balaban J connectivity index is 0.00000288. The summed E-state index contributed by atoms with van der Waals surface area (Å²) in [5.41, 5.74) is 2.12. The average molecular weight is 443 g/mol. The zero-order chi connectivity index (χ0) is 16.5. The highest BCUT2D eigenvalue weighted by Gasteiger charge is 2.06. The van der Waals surface area contributed by atoms with Crippen LogP contribution >= 0.6 is 24.0 Å². The lowest BCUT2D eigenvalue weighted by Gasteiger charge is -2.16. The summed E-state index contributed by atoms with van der Waals surface area (Å²) in [6.07, 6.45) is 1.84. The average Bonchev–Trinajstić information content (AvgIpc) is 3.03. The van der Waals surface area contributed by atoms with Gasteiger partial charge in [0.1, 0.15) is 12.4 Å². The summed E-state index contributed by atoms with van der Waals surface area (Å²) in [5, 5.41) is 6.52. The number of nitrogens with zero attached hydrogens (tertiary/aromatic N) is 2. The molecular weight excluding hydrogens is 417 g/mol. The van der Waals surface area contributed by atoms with E-state index in [4.69, 9.17) is 4.74 Å². The van der Waals surface area contributed by atoms with Crippen molar-refractivity contribution in [3.8, 4) is 11.3 Å². The number of ether oxygens (including phenoxy) is 1. The topological polar surface area (TPSA) is 74.3 Å². The van der Waals surface area contributed by atoms with Gasteiger partial charge >= 0.3 is 0 Å². The van der Waals surface area contributed by atoms with E-state index < -0.39 is 0 Å². The van der Waals surface area contributed by atoms with Gasteiger partial charge in [0.05, 0.1) is 18.5 Å². The summed E-state index contributed by atoms with van der Waals surface area (Å²) in [6, 6.07) is 10.3. The number of hydrogen-bond donors (Lipinski definition) is 3. The van der Waals surface area contributed by atoms with Crippen LogP contribution in [0.3, 0.4) is 0 Å². The molecule has 6 nitrogen and oxygen atoms in total. The summed E-state index contributed by atoms with van der Waals surface area (Å²) >= 11 is 0. The van der Waals surface area contributed by atoms with Crippen LogP contribution in [0.5, 0.6) is 0 Å². The molecule has 0 spiro atoms. The van der Waals surface area contributed by atoms with E-state index in [-0.39, 0.29) is 30.0 Å². The minimum absolute atomic E-state index is 0. The second-order valence-corrected chi connectivity index (χ2v) is 5.31. The molecule has 3 N–H and O–H groups in total. The van der Waals surface area contributed by atoms with Gasteiger partial charge in [-0.15, -0.1) is 24.0 Å². The van der Waals surface area contributed by atoms with Gasteiger partial charge in [-0.1, -0.05) is 30.3 Å². The molecule has 7 heteroatoms. The third kappa shape index (κ3) is 6.48. The molecule has 0 amide bonds. The second-order valence-electron chi connectivity index (χ2n) is 5.31. The second kappa shape index (κ2) is 11.0. The SMILES string of the molecule is CCNC(=NCc1ncc(-c2ccccc2)[nH]1)NC(C)COC.I. The number of rotatable bonds is 7. The molecule has 2 aromatic rings. The first-order valence-electron chi connectivity index (χ1n) is 7.86. The molecule has 1 aromatic carbocycles. The van der Waals surface area contributed by atoms with Crippen LogP contribution in [-0.4, -0.2) is 42.2 Å². The molecule has 24 heavy (non-hydrogen) atoms. The van der Waals surface area contributed by atoms with Crippen molar-refractivity contribution >= 4 is 29.9 Å². The molecule has 1 aromatic heterocycles. The largest absolute Gasteiger partial charge is 0.383 e. The lowest BCUT2D eigenvalue weighted by atomic mass is 10.2. The molecule has 0 saturated heterocycles. The van der Waals surface area contributed by atoms with Gasteiger partial charge in [0.25, 0.3) is 0 Å². The van der Waals surface area contributed by atoms with E-state index in [1.54, 1.807) is 7.11 Å². The minimum Gasteiger partial charge on any atom is -0.383 e. The highest BCUT2D eigenvalue weighted by molar-refractivity contribution is 14.0. The van der Waals surface area contributed by atoms with Crippen molar-refractivity contribution in [2.75, 3.05) is 20.3 Å². The fourth-order valence-electron chi connectivity index (χ4n) is 2.21. The Morgan fingerprint density at radius 3 is 2.75 bits per heavy atom. The van der Waals surface area contributed by atoms with Crippen LogP contribution in [0.2, 0.25) is 0 Å². The highest BCUT2D eigenvalue weighted by atomic mass is 127. The number of benzene rings is 1. The zero-order valence-corrected chi connectivity index (χ0v) is 16.7. The monoisotopic (exact) mass is 443 g/mol. The molecule has 0 radical (unpaired) electrons. The number of aromatic nitrogens is 2. The summed E-state index contributed by atoms with van der Waals surface area (Å²) < 4.78 is 5.13. The minimum atomic E-state index is 0. The molecule has 132 valence electrons. The van der Waals surface area contributed by atoms with E-state index in [2.05, 4.69) is 44.7 Å². The van der Waals surface area contributed by atoms with Crippen molar-refractivity contribution in [1.82, 2.24) is 20.6 Å². The fraction of sp³-hybridized carbons (Fsp3) is 0.412. The van der Waals surface area contributed by atoms with Gasteiger partial charge in [0.2, 0.25) is 0 Å². The maximum absolute atomic E-state index is 5.13. The van der Waals surface area contributed by atoms with Gasteiger partial charge in [-0.25, -0.2) is 9.98 Å². The maximum atomic E-state index is 5.13.